The molecule has 8 N–H and O–H groups in total. The van der Waals surface area contributed by atoms with Gasteiger partial charge in [-0.15, -0.1) is 10.1 Å². The minimum absolute atomic E-state index is 0. The fraction of sp³-hybridized carbons (Fsp3) is 1.00. The molecular weight excluding hydrogens is 130 g/mol. The molecule has 0 rings (SSSR count). The van der Waals surface area contributed by atoms with Crippen molar-refractivity contribution >= 4 is 0 Å². The minimum atomic E-state index is -1.50. The summed E-state index contributed by atoms with van der Waals surface area (Å²) in [6.07, 6.45) is 0. The molecule has 60 valence electrons. The van der Waals surface area contributed by atoms with E-state index in [0.29, 0.717) is 0 Å². The van der Waals surface area contributed by atoms with E-state index >= 15 is 0 Å². The summed E-state index contributed by atoms with van der Waals surface area (Å²) in [6.45, 7) is 1.93. The highest BCUT2D eigenvalue weighted by molar-refractivity contribution is 3.84. The summed E-state index contributed by atoms with van der Waals surface area (Å²) in [7, 11) is 0. The van der Waals surface area contributed by atoms with Gasteiger partial charge in [-0.05, 0) is 6.92 Å². The number of rotatable bonds is 0. The van der Waals surface area contributed by atoms with Gasteiger partial charge >= 0.3 is 0 Å². The van der Waals surface area contributed by atoms with Crippen molar-refractivity contribution in [1.29, 1.82) is 0 Å². The van der Waals surface area contributed by atoms with Crippen LogP contribution in [-0.4, -0.2) is 22.0 Å². The molecule has 0 bridgehead atoms. The third kappa shape index (κ3) is 216. The molecule has 0 spiro atoms. The Bertz CT molecular complexity index is 45.1. The standard InChI is InChI=1S/C2H6O.HNO3.2H3N/c1-2-3;2-1(3)4;;/h3H,2H2,1H3;(H,2,3,4);2*1H3. The third-order valence-electron chi connectivity index (χ3n) is 0. The summed E-state index contributed by atoms with van der Waals surface area (Å²) >= 11 is 0. The molecule has 0 atom stereocenters. The zero-order chi connectivity index (χ0) is 6.28. The van der Waals surface area contributed by atoms with E-state index in [4.69, 9.17) is 20.4 Å². The zero-order valence-corrected chi connectivity index (χ0v) is 5.28. The van der Waals surface area contributed by atoms with Gasteiger partial charge in [0.05, 0.1) is 0 Å². The molecule has 9 heavy (non-hydrogen) atoms. The van der Waals surface area contributed by atoms with Gasteiger partial charge in [0, 0.05) is 6.61 Å². The minimum Gasteiger partial charge on any atom is -0.397 e. The van der Waals surface area contributed by atoms with Crippen molar-refractivity contribution in [3.8, 4) is 0 Å². The Morgan fingerprint density at radius 1 is 1.56 bits per heavy atom. The van der Waals surface area contributed by atoms with E-state index in [2.05, 4.69) is 0 Å². The topological polar surface area (TPSA) is 154 Å². The van der Waals surface area contributed by atoms with Crippen molar-refractivity contribution in [2.45, 2.75) is 6.92 Å². The summed E-state index contributed by atoms with van der Waals surface area (Å²) in [5, 5.41) is 21.2. The highest BCUT2D eigenvalue weighted by Gasteiger charge is 1.65. The molecule has 0 aliphatic rings. The zero-order valence-electron chi connectivity index (χ0n) is 5.28. The average molecular weight is 143 g/mol. The first-order valence-corrected chi connectivity index (χ1v) is 1.59. The van der Waals surface area contributed by atoms with Crippen molar-refractivity contribution < 1.29 is 15.4 Å². The van der Waals surface area contributed by atoms with Crippen LogP contribution in [0.25, 0.3) is 0 Å². The summed E-state index contributed by atoms with van der Waals surface area (Å²) < 4.78 is 0. The molecule has 0 saturated heterocycles. The van der Waals surface area contributed by atoms with E-state index in [1.165, 1.54) is 0 Å². The average Bonchev–Trinajstić information content (AvgIpc) is 1.33. The molecule has 0 aromatic rings. The number of aliphatic hydroxyl groups is 1. The second kappa shape index (κ2) is 27.6. The lowest BCUT2D eigenvalue weighted by molar-refractivity contribution is -0.742. The number of aliphatic hydroxyl groups excluding tert-OH is 1. The first kappa shape index (κ1) is 24.3. The van der Waals surface area contributed by atoms with E-state index in [1.807, 2.05) is 0 Å². The van der Waals surface area contributed by atoms with E-state index in [1.54, 1.807) is 6.92 Å². The summed E-state index contributed by atoms with van der Waals surface area (Å²) in [5.41, 5.74) is 0. The molecule has 0 saturated carbocycles. The predicted octanol–water partition coefficient (Wildman–Crippen LogP) is -0.0251. The Morgan fingerprint density at radius 3 is 1.56 bits per heavy atom. The van der Waals surface area contributed by atoms with Gasteiger partial charge < -0.3 is 22.6 Å². The molecule has 0 heterocycles. The van der Waals surface area contributed by atoms with Gasteiger partial charge in [-0.1, -0.05) is 0 Å². The Labute approximate surface area is 52.6 Å². The molecule has 0 aromatic carbocycles. The molecule has 0 aromatic heterocycles. The maximum absolute atomic E-state index is 8.36. The van der Waals surface area contributed by atoms with Gasteiger partial charge in [0.25, 0.3) is 5.09 Å². The lowest BCUT2D eigenvalue weighted by Gasteiger charge is -1.56. The second-order valence-corrected chi connectivity index (χ2v) is 0.554. The molecule has 0 amide bonds. The van der Waals surface area contributed by atoms with Gasteiger partial charge in [0.2, 0.25) is 0 Å². The Balaban J connectivity index is -0.0000000233. The van der Waals surface area contributed by atoms with Crippen molar-refractivity contribution in [3.05, 3.63) is 10.1 Å². The Kier molecular flexibility index (Phi) is 74.6. The van der Waals surface area contributed by atoms with Crippen LogP contribution in [0, 0.1) is 10.1 Å². The van der Waals surface area contributed by atoms with E-state index in [0.717, 1.165) is 0 Å². The van der Waals surface area contributed by atoms with Crippen LogP contribution in [0.3, 0.4) is 0 Å². The summed E-state index contributed by atoms with van der Waals surface area (Å²) in [4.78, 5) is 8.36. The van der Waals surface area contributed by atoms with Crippen molar-refractivity contribution in [3.63, 3.8) is 0 Å². The van der Waals surface area contributed by atoms with Crippen LogP contribution in [0.5, 0.6) is 0 Å². The fourth-order valence-electron chi connectivity index (χ4n) is 0. The van der Waals surface area contributed by atoms with Crippen LogP contribution >= 0.6 is 0 Å². The van der Waals surface area contributed by atoms with Gasteiger partial charge in [-0.3, -0.25) is 0 Å². The molecule has 0 fully saturated rings. The van der Waals surface area contributed by atoms with Crippen molar-refractivity contribution in [1.82, 2.24) is 12.3 Å². The van der Waals surface area contributed by atoms with Crippen LogP contribution in [0.1, 0.15) is 6.92 Å². The maximum Gasteiger partial charge on any atom is 0.291 e. The normalized spacial score (nSPS) is 4.67. The fourth-order valence-corrected chi connectivity index (χ4v) is 0. The number of hydrogen-bond acceptors (Lipinski definition) is 5. The predicted molar refractivity (Wildman–Crippen MR) is 31.6 cm³/mol. The SMILES string of the molecule is CCO.N.N.O=[N+]([O-])O. The second-order valence-electron chi connectivity index (χ2n) is 0.554. The first-order valence-electron chi connectivity index (χ1n) is 1.59. The molecular formula is C2H13N3O4. The number of nitrogens with zero attached hydrogens (tertiary/aromatic N) is 1. The Morgan fingerprint density at radius 2 is 1.56 bits per heavy atom. The molecule has 0 aliphatic heterocycles. The largest absolute Gasteiger partial charge is 0.397 e. The van der Waals surface area contributed by atoms with Gasteiger partial charge in [-0.25, -0.2) is 0 Å². The molecule has 7 nitrogen and oxygen atoms in total. The maximum atomic E-state index is 8.36. The lowest BCUT2D eigenvalue weighted by Crippen LogP contribution is -1.81. The quantitative estimate of drug-likeness (QED) is 0.276. The number of hydrogen-bond donors (Lipinski definition) is 4. The first-order chi connectivity index (χ1) is 3.15. The molecule has 0 radical (unpaired) electrons. The van der Waals surface area contributed by atoms with Crippen LogP contribution in [0.2, 0.25) is 0 Å². The highest BCUT2D eigenvalue weighted by Crippen LogP contribution is 1.38. The Hall–Kier alpha value is -0.920. The van der Waals surface area contributed by atoms with Crippen LogP contribution in [-0.2, 0) is 0 Å². The van der Waals surface area contributed by atoms with Crippen LogP contribution in [0.4, 0.5) is 0 Å². The summed E-state index contributed by atoms with van der Waals surface area (Å²) in [5.74, 6) is 0. The third-order valence-corrected chi connectivity index (χ3v) is 0. The van der Waals surface area contributed by atoms with Crippen LogP contribution < -0.4 is 12.3 Å². The van der Waals surface area contributed by atoms with Gasteiger partial charge in [0.1, 0.15) is 0 Å². The van der Waals surface area contributed by atoms with Gasteiger partial charge in [0.15, 0.2) is 0 Å². The van der Waals surface area contributed by atoms with Crippen molar-refractivity contribution in [2.75, 3.05) is 6.61 Å². The van der Waals surface area contributed by atoms with E-state index < -0.39 is 5.09 Å². The smallest absolute Gasteiger partial charge is 0.291 e. The lowest BCUT2D eigenvalue weighted by atomic mass is 10.9. The molecule has 0 unspecified atom stereocenters. The summed E-state index contributed by atoms with van der Waals surface area (Å²) in [6, 6.07) is 0. The molecule has 7 heteroatoms. The monoisotopic (exact) mass is 143 g/mol. The van der Waals surface area contributed by atoms with E-state index in [-0.39, 0.29) is 18.9 Å². The van der Waals surface area contributed by atoms with Gasteiger partial charge in [-0.2, -0.15) is 0 Å². The van der Waals surface area contributed by atoms with E-state index in [9.17, 15) is 0 Å². The van der Waals surface area contributed by atoms with Crippen LogP contribution in [0.15, 0.2) is 0 Å². The van der Waals surface area contributed by atoms with Crippen molar-refractivity contribution in [2.24, 2.45) is 0 Å². The highest BCUT2D eigenvalue weighted by atomic mass is 16.9. The molecule has 0 aliphatic carbocycles.